The van der Waals surface area contributed by atoms with Crippen molar-refractivity contribution in [3.05, 3.63) is 59.4 Å². The molecule has 1 fully saturated rings. The second-order valence-corrected chi connectivity index (χ2v) is 11.1. The summed E-state index contributed by atoms with van der Waals surface area (Å²) in [6, 6.07) is 11.3. The van der Waals surface area contributed by atoms with E-state index >= 15 is 0 Å². The normalized spacial score (nSPS) is 21.8. The third-order valence-corrected chi connectivity index (χ3v) is 8.23. The molecule has 2 aromatic rings. The number of fused-ring (bicyclic) bond motifs is 1. The number of amides is 1. The minimum absolute atomic E-state index is 0.0122. The van der Waals surface area contributed by atoms with Crippen LogP contribution in [-0.4, -0.2) is 48.8 Å². The number of anilines is 2. The highest BCUT2D eigenvalue weighted by Gasteiger charge is 2.44. The lowest BCUT2D eigenvalue weighted by Gasteiger charge is -2.25. The fraction of sp³-hybridized carbons (Fsp3) is 0.333. The molecular formula is C21H22FN3O3S2. The Balaban J connectivity index is 1.59. The first-order valence-electron chi connectivity index (χ1n) is 9.55. The summed E-state index contributed by atoms with van der Waals surface area (Å²) >= 11 is 1.42. The lowest BCUT2D eigenvalue weighted by atomic mass is 10.1. The number of nitrogens with one attached hydrogen (secondary N) is 1. The average Bonchev–Trinajstić information content (AvgIpc) is 3.14. The van der Waals surface area contributed by atoms with Crippen molar-refractivity contribution in [2.75, 3.05) is 28.3 Å². The van der Waals surface area contributed by atoms with Gasteiger partial charge in [-0.3, -0.25) is 9.79 Å². The number of rotatable bonds is 4. The van der Waals surface area contributed by atoms with E-state index in [1.807, 2.05) is 36.9 Å². The highest BCUT2D eigenvalue weighted by atomic mass is 32.2. The van der Waals surface area contributed by atoms with Crippen LogP contribution in [0.2, 0.25) is 0 Å². The fourth-order valence-corrected chi connectivity index (χ4v) is 7.50. The topological polar surface area (TPSA) is 78.8 Å². The van der Waals surface area contributed by atoms with Crippen LogP contribution in [0.3, 0.4) is 0 Å². The van der Waals surface area contributed by atoms with E-state index < -0.39 is 9.84 Å². The zero-order valence-corrected chi connectivity index (χ0v) is 18.3. The molecule has 9 heteroatoms. The zero-order valence-electron chi connectivity index (χ0n) is 16.6. The molecule has 0 bridgehead atoms. The van der Waals surface area contributed by atoms with Gasteiger partial charge < -0.3 is 10.2 Å². The van der Waals surface area contributed by atoms with E-state index in [0.29, 0.717) is 10.9 Å². The fourth-order valence-electron chi connectivity index (χ4n) is 3.72. The third-order valence-electron chi connectivity index (χ3n) is 4.98. The van der Waals surface area contributed by atoms with Gasteiger partial charge in [0.15, 0.2) is 15.0 Å². The molecule has 4 rings (SSSR count). The molecule has 30 heavy (non-hydrogen) atoms. The van der Waals surface area contributed by atoms with Crippen LogP contribution in [0.1, 0.15) is 11.1 Å². The smallest absolute Gasteiger partial charge is 0.244 e. The average molecular weight is 448 g/mol. The molecule has 0 unspecified atom stereocenters. The monoisotopic (exact) mass is 447 g/mol. The Morgan fingerprint density at radius 3 is 2.47 bits per heavy atom. The SMILES string of the molecule is Cc1cc(C)cc(N(CC(=O)Nc2ccc(F)cc2)C2=N[C@H]3CS(=O)(=O)C[C@@H]3S2)c1. The van der Waals surface area contributed by atoms with E-state index in [0.717, 1.165) is 16.8 Å². The van der Waals surface area contributed by atoms with Crippen LogP contribution in [-0.2, 0) is 14.6 Å². The summed E-state index contributed by atoms with van der Waals surface area (Å²) in [5.41, 5.74) is 3.45. The van der Waals surface area contributed by atoms with Gasteiger partial charge >= 0.3 is 0 Å². The van der Waals surface area contributed by atoms with Crippen molar-refractivity contribution in [1.29, 1.82) is 0 Å². The number of amidine groups is 1. The van der Waals surface area contributed by atoms with Crippen molar-refractivity contribution < 1.29 is 17.6 Å². The molecule has 0 aliphatic carbocycles. The van der Waals surface area contributed by atoms with E-state index in [4.69, 9.17) is 0 Å². The van der Waals surface area contributed by atoms with Gasteiger partial charge in [0.05, 0.1) is 17.5 Å². The van der Waals surface area contributed by atoms with Gasteiger partial charge in [0.1, 0.15) is 12.4 Å². The Morgan fingerprint density at radius 2 is 1.83 bits per heavy atom. The van der Waals surface area contributed by atoms with Gasteiger partial charge in [-0.05, 0) is 61.4 Å². The minimum atomic E-state index is -3.06. The van der Waals surface area contributed by atoms with Crippen LogP contribution in [0, 0.1) is 19.7 Å². The second-order valence-electron chi connectivity index (χ2n) is 7.70. The Labute approximate surface area is 179 Å². The Hall–Kier alpha value is -2.39. The maximum Gasteiger partial charge on any atom is 0.244 e. The van der Waals surface area contributed by atoms with E-state index in [-0.39, 0.29) is 41.1 Å². The molecule has 158 valence electrons. The van der Waals surface area contributed by atoms with Crippen LogP contribution in [0.15, 0.2) is 47.5 Å². The Kier molecular flexibility index (Phi) is 5.59. The number of hydrogen-bond donors (Lipinski definition) is 1. The molecule has 0 saturated carbocycles. The molecule has 2 atom stereocenters. The second kappa shape index (κ2) is 8.03. The summed E-state index contributed by atoms with van der Waals surface area (Å²) in [5, 5.41) is 3.32. The van der Waals surface area contributed by atoms with Gasteiger partial charge in [0, 0.05) is 16.6 Å². The van der Waals surface area contributed by atoms with E-state index in [9.17, 15) is 17.6 Å². The summed E-state index contributed by atoms with van der Waals surface area (Å²) in [5.74, 6) is -0.481. The molecule has 2 aromatic carbocycles. The summed E-state index contributed by atoms with van der Waals surface area (Å²) < 4.78 is 36.9. The zero-order chi connectivity index (χ0) is 21.5. The first-order valence-corrected chi connectivity index (χ1v) is 12.2. The first-order chi connectivity index (χ1) is 14.2. The number of aliphatic imine (C=N–C) groups is 1. The maximum atomic E-state index is 13.1. The highest BCUT2D eigenvalue weighted by molar-refractivity contribution is 8.15. The van der Waals surface area contributed by atoms with Crippen molar-refractivity contribution >= 4 is 44.0 Å². The summed E-state index contributed by atoms with van der Waals surface area (Å²) in [4.78, 5) is 19.2. The van der Waals surface area contributed by atoms with Gasteiger partial charge in [-0.15, -0.1) is 0 Å². The quantitative estimate of drug-likeness (QED) is 0.779. The predicted molar refractivity (Wildman–Crippen MR) is 120 cm³/mol. The molecule has 0 radical (unpaired) electrons. The number of nitrogens with zero attached hydrogens (tertiary/aromatic N) is 2. The van der Waals surface area contributed by atoms with E-state index in [1.54, 1.807) is 0 Å². The molecule has 1 saturated heterocycles. The number of halogens is 1. The van der Waals surface area contributed by atoms with Crippen molar-refractivity contribution in [1.82, 2.24) is 0 Å². The summed E-state index contributed by atoms with van der Waals surface area (Å²) in [6.07, 6.45) is 0. The minimum Gasteiger partial charge on any atom is -0.325 e. The van der Waals surface area contributed by atoms with E-state index in [1.165, 1.54) is 36.0 Å². The number of carbonyl (C=O) groups excluding carboxylic acids is 1. The van der Waals surface area contributed by atoms with E-state index in [2.05, 4.69) is 10.3 Å². The molecule has 2 aliphatic heterocycles. The standard InChI is InChI=1S/C21H22FN3O3S2/c1-13-7-14(2)9-17(8-13)25(10-20(26)23-16-5-3-15(22)4-6-16)21-24-18-11-30(27,28)12-19(18)29-21/h3-9,18-19H,10-12H2,1-2H3,(H,23,26)/t18-,19-/m0/s1. The molecule has 0 spiro atoms. The van der Waals surface area contributed by atoms with Crippen molar-refractivity contribution in [2.45, 2.75) is 25.1 Å². The van der Waals surface area contributed by atoms with Crippen LogP contribution >= 0.6 is 11.8 Å². The summed E-state index contributed by atoms with van der Waals surface area (Å²) in [6.45, 7) is 3.98. The number of aryl methyl sites for hydroxylation is 2. The molecule has 0 aromatic heterocycles. The molecule has 6 nitrogen and oxygen atoms in total. The van der Waals surface area contributed by atoms with Gasteiger partial charge in [-0.25, -0.2) is 12.8 Å². The van der Waals surface area contributed by atoms with Crippen molar-refractivity contribution in [3.63, 3.8) is 0 Å². The molecule has 2 aliphatic rings. The van der Waals surface area contributed by atoms with Crippen LogP contribution in [0.4, 0.5) is 15.8 Å². The predicted octanol–water partition coefficient (Wildman–Crippen LogP) is 3.16. The number of thioether (sulfide) groups is 1. The number of sulfone groups is 1. The largest absolute Gasteiger partial charge is 0.325 e. The third kappa shape index (κ3) is 4.67. The Morgan fingerprint density at radius 1 is 1.17 bits per heavy atom. The lowest BCUT2D eigenvalue weighted by molar-refractivity contribution is -0.114. The van der Waals surface area contributed by atoms with Gasteiger partial charge in [0.25, 0.3) is 0 Å². The summed E-state index contributed by atoms with van der Waals surface area (Å²) in [7, 11) is -3.06. The maximum absolute atomic E-state index is 13.1. The van der Waals surface area contributed by atoms with Crippen LogP contribution in [0.25, 0.3) is 0 Å². The molecule has 1 N–H and O–H groups in total. The Bertz CT molecular complexity index is 1100. The van der Waals surface area contributed by atoms with Crippen molar-refractivity contribution in [2.24, 2.45) is 4.99 Å². The first kappa shape index (κ1) is 20.9. The lowest BCUT2D eigenvalue weighted by Crippen LogP contribution is -2.36. The van der Waals surface area contributed by atoms with Gasteiger partial charge in [0.2, 0.25) is 5.91 Å². The molecule has 2 heterocycles. The molecule has 1 amide bonds. The van der Waals surface area contributed by atoms with Crippen molar-refractivity contribution in [3.8, 4) is 0 Å². The number of carbonyl (C=O) groups is 1. The van der Waals surface area contributed by atoms with Gasteiger partial charge in [-0.1, -0.05) is 17.8 Å². The van der Waals surface area contributed by atoms with Crippen LogP contribution < -0.4 is 10.2 Å². The number of hydrogen-bond acceptors (Lipinski definition) is 6. The van der Waals surface area contributed by atoms with Gasteiger partial charge in [-0.2, -0.15) is 0 Å². The molecular weight excluding hydrogens is 425 g/mol. The van der Waals surface area contributed by atoms with Crippen LogP contribution in [0.5, 0.6) is 0 Å². The highest BCUT2D eigenvalue weighted by Crippen LogP contribution is 2.37. The number of benzene rings is 2.